The average Bonchev–Trinajstić information content (AvgIpc) is 2.75. The van der Waals surface area contributed by atoms with Gasteiger partial charge in [0.1, 0.15) is 17.5 Å². The molecule has 8 heteroatoms. The van der Waals surface area contributed by atoms with Crippen molar-refractivity contribution in [3.63, 3.8) is 0 Å². The summed E-state index contributed by atoms with van der Waals surface area (Å²) in [6.45, 7) is 1.75. The molecule has 0 radical (unpaired) electrons. The first-order valence-electron chi connectivity index (χ1n) is 10.1. The number of amides is 1. The number of nitrogens with one attached hydrogen (secondary N) is 2. The van der Waals surface area contributed by atoms with Crippen molar-refractivity contribution in [2.24, 2.45) is 0 Å². The molecule has 0 bridgehead atoms. The van der Waals surface area contributed by atoms with E-state index in [9.17, 15) is 14.0 Å². The molecule has 1 amide bonds. The van der Waals surface area contributed by atoms with Gasteiger partial charge in [-0.3, -0.25) is 15.0 Å². The maximum Gasteiger partial charge on any atom is 0.257 e. The van der Waals surface area contributed by atoms with E-state index in [-0.39, 0.29) is 31.0 Å². The molecule has 2 heterocycles. The third-order valence-electron chi connectivity index (χ3n) is 5.29. The number of pyridine rings is 1. The van der Waals surface area contributed by atoms with Gasteiger partial charge in [-0.1, -0.05) is 49.4 Å². The lowest BCUT2D eigenvalue weighted by Crippen LogP contribution is -2.42. The predicted octanol–water partition coefficient (Wildman–Crippen LogP) is 5.22. The number of hydrogen-bond acceptors (Lipinski definition) is 4. The summed E-state index contributed by atoms with van der Waals surface area (Å²) in [4.78, 5) is 31.5. The van der Waals surface area contributed by atoms with Gasteiger partial charge in [0, 0.05) is 42.4 Å². The molecular weight excluding hydrogens is 443 g/mol. The average molecular weight is 467 g/mol. The van der Waals surface area contributed by atoms with E-state index < -0.39 is 11.7 Å². The number of carbonyl (C=O) groups excluding carboxylic acids is 2. The number of nitrogens with zero attached hydrogens (tertiary/aromatic N) is 2. The molecule has 0 saturated carbocycles. The Labute approximate surface area is 196 Å². The van der Waals surface area contributed by atoms with Crippen LogP contribution >= 0.6 is 11.6 Å². The van der Waals surface area contributed by atoms with Gasteiger partial charge in [-0.15, -0.1) is 0 Å². The second-order valence-corrected chi connectivity index (χ2v) is 7.92. The minimum atomic E-state index is -0.579. The van der Waals surface area contributed by atoms with Gasteiger partial charge >= 0.3 is 0 Å². The first kappa shape index (κ1) is 24.1. The fourth-order valence-corrected chi connectivity index (χ4v) is 3.47. The van der Waals surface area contributed by atoms with E-state index >= 15 is 0 Å². The lowest BCUT2D eigenvalue weighted by atomic mass is 9.97. The summed E-state index contributed by atoms with van der Waals surface area (Å²) in [6, 6.07) is 13.7. The Hall–Kier alpha value is -3.58. The molecule has 0 atom stereocenters. The molecule has 6 nitrogen and oxygen atoms in total. The number of ketones is 1. The Morgan fingerprint density at radius 3 is 2.36 bits per heavy atom. The maximum atomic E-state index is 13.9. The monoisotopic (exact) mass is 466 g/mol. The van der Waals surface area contributed by atoms with Gasteiger partial charge in [0.05, 0.1) is 5.02 Å². The standard InChI is InChI=1S/C24H20ClFN4O2.CH4/c25-18-7-9-22(28-14-18)29-24(32)20-13-19(26)8-6-17(20)12-21(31)15-2-4-16(5-3-15)23(27)30-10-1-11-30;/h2-9,13-14,27H,1,10-12H2,(H,28,29,32);1H4. The first-order chi connectivity index (χ1) is 15.4. The van der Waals surface area contributed by atoms with Crippen LogP contribution < -0.4 is 5.32 Å². The molecule has 2 N–H and O–H groups in total. The fourth-order valence-electron chi connectivity index (χ4n) is 3.36. The molecule has 33 heavy (non-hydrogen) atoms. The van der Waals surface area contributed by atoms with E-state index in [0.29, 0.717) is 22.0 Å². The zero-order valence-electron chi connectivity index (χ0n) is 17.1. The highest BCUT2D eigenvalue weighted by Crippen LogP contribution is 2.19. The van der Waals surface area contributed by atoms with Crippen LogP contribution in [0.2, 0.25) is 5.02 Å². The van der Waals surface area contributed by atoms with Gasteiger partial charge in [0.15, 0.2) is 5.78 Å². The number of carbonyl (C=O) groups is 2. The number of likely N-dealkylation sites (tertiary alicyclic amines) is 1. The van der Waals surface area contributed by atoms with Crippen molar-refractivity contribution in [3.8, 4) is 0 Å². The summed E-state index contributed by atoms with van der Waals surface area (Å²) in [6.07, 6.45) is 2.40. The van der Waals surface area contributed by atoms with Crippen molar-refractivity contribution in [1.29, 1.82) is 5.41 Å². The van der Waals surface area contributed by atoms with Gasteiger partial charge in [0.25, 0.3) is 5.91 Å². The molecule has 1 aliphatic rings. The second-order valence-electron chi connectivity index (χ2n) is 7.48. The number of aromatic nitrogens is 1. The molecule has 1 aromatic heterocycles. The Morgan fingerprint density at radius 2 is 1.76 bits per heavy atom. The number of rotatable bonds is 6. The summed E-state index contributed by atoms with van der Waals surface area (Å²) < 4.78 is 13.9. The SMILES string of the molecule is C.N=C(c1ccc(C(=O)Cc2ccc(F)cc2C(=O)Nc2ccc(Cl)cn2)cc1)N1CCC1. The van der Waals surface area contributed by atoms with Gasteiger partial charge in [-0.2, -0.15) is 0 Å². The lowest BCUT2D eigenvalue weighted by molar-refractivity contribution is 0.0992. The van der Waals surface area contributed by atoms with Crippen LogP contribution in [0, 0.1) is 11.2 Å². The fraction of sp³-hybridized carbons (Fsp3) is 0.200. The van der Waals surface area contributed by atoms with Crippen LogP contribution in [-0.4, -0.2) is 40.5 Å². The third-order valence-corrected chi connectivity index (χ3v) is 5.51. The van der Waals surface area contributed by atoms with Gasteiger partial charge in [-0.25, -0.2) is 9.37 Å². The number of halogens is 2. The molecule has 0 unspecified atom stereocenters. The molecule has 4 rings (SSSR count). The van der Waals surface area contributed by atoms with Crippen LogP contribution in [0.1, 0.15) is 45.7 Å². The van der Waals surface area contributed by atoms with Crippen LogP contribution in [0.4, 0.5) is 10.2 Å². The highest BCUT2D eigenvalue weighted by Gasteiger charge is 2.20. The number of amidine groups is 1. The zero-order valence-corrected chi connectivity index (χ0v) is 17.8. The van der Waals surface area contributed by atoms with Crippen LogP contribution in [0.25, 0.3) is 0 Å². The molecule has 2 aromatic carbocycles. The summed E-state index contributed by atoms with van der Waals surface area (Å²) in [7, 11) is 0. The molecule has 3 aromatic rings. The molecular formula is C25H24ClFN4O2. The highest BCUT2D eigenvalue weighted by molar-refractivity contribution is 6.30. The van der Waals surface area contributed by atoms with Crippen LogP contribution in [0.3, 0.4) is 0 Å². The number of benzene rings is 2. The lowest BCUT2D eigenvalue weighted by Gasteiger charge is -2.33. The maximum absolute atomic E-state index is 13.9. The van der Waals surface area contributed by atoms with E-state index in [2.05, 4.69) is 10.3 Å². The van der Waals surface area contributed by atoms with Gasteiger partial charge in [-0.05, 0) is 36.2 Å². The van der Waals surface area contributed by atoms with Crippen LogP contribution in [-0.2, 0) is 6.42 Å². The highest BCUT2D eigenvalue weighted by atomic mass is 35.5. The van der Waals surface area contributed by atoms with Crippen molar-refractivity contribution in [2.45, 2.75) is 20.3 Å². The normalized spacial score (nSPS) is 12.4. The zero-order chi connectivity index (χ0) is 22.7. The van der Waals surface area contributed by atoms with Crippen LogP contribution in [0.15, 0.2) is 60.8 Å². The second kappa shape index (κ2) is 10.4. The Kier molecular flexibility index (Phi) is 7.55. The van der Waals surface area contributed by atoms with Crippen LogP contribution in [0.5, 0.6) is 0 Å². The van der Waals surface area contributed by atoms with Gasteiger partial charge < -0.3 is 10.2 Å². The minimum Gasteiger partial charge on any atom is -0.356 e. The summed E-state index contributed by atoms with van der Waals surface area (Å²) >= 11 is 5.80. The van der Waals surface area contributed by atoms with Gasteiger partial charge in [0.2, 0.25) is 0 Å². The minimum absolute atomic E-state index is 0. The van der Waals surface area contributed by atoms with Crippen molar-refractivity contribution in [3.05, 3.63) is 93.9 Å². The van der Waals surface area contributed by atoms with Crippen molar-refractivity contribution < 1.29 is 14.0 Å². The molecule has 170 valence electrons. The quantitative estimate of drug-likeness (QED) is 0.296. The van der Waals surface area contributed by atoms with E-state index in [4.69, 9.17) is 17.0 Å². The van der Waals surface area contributed by atoms with E-state index in [1.165, 1.54) is 24.4 Å². The van der Waals surface area contributed by atoms with E-state index in [1.54, 1.807) is 30.3 Å². The first-order valence-corrected chi connectivity index (χ1v) is 10.5. The number of anilines is 1. The van der Waals surface area contributed by atoms with E-state index in [1.807, 2.05) is 4.90 Å². The predicted molar refractivity (Wildman–Crippen MR) is 128 cm³/mol. The molecule has 1 saturated heterocycles. The summed E-state index contributed by atoms with van der Waals surface area (Å²) in [5.41, 5.74) is 1.67. The number of hydrogen-bond donors (Lipinski definition) is 2. The summed E-state index contributed by atoms with van der Waals surface area (Å²) in [5.74, 6) is -0.647. The van der Waals surface area contributed by atoms with Crippen molar-refractivity contribution >= 4 is 34.9 Å². The third kappa shape index (κ3) is 5.62. The topological polar surface area (TPSA) is 86.1 Å². The largest absolute Gasteiger partial charge is 0.356 e. The number of Topliss-reactive ketones (excluding diaryl/α,β-unsaturated/α-hetero) is 1. The Morgan fingerprint density at radius 1 is 1.06 bits per heavy atom. The molecule has 1 aliphatic heterocycles. The molecule has 0 aliphatic carbocycles. The Balaban J connectivity index is 0.00000306. The van der Waals surface area contributed by atoms with E-state index in [0.717, 1.165) is 31.1 Å². The van der Waals surface area contributed by atoms with Crippen molar-refractivity contribution in [2.75, 3.05) is 18.4 Å². The molecule has 1 fully saturated rings. The summed E-state index contributed by atoms with van der Waals surface area (Å²) in [5, 5.41) is 11.2. The van der Waals surface area contributed by atoms with Crippen molar-refractivity contribution in [1.82, 2.24) is 9.88 Å². The smallest absolute Gasteiger partial charge is 0.257 e. The molecule has 0 spiro atoms. The Bertz CT molecular complexity index is 1180.